The van der Waals surface area contributed by atoms with Crippen molar-refractivity contribution in [2.45, 2.75) is 11.0 Å². The Balaban J connectivity index is 3.20. The molecule has 0 atom stereocenters. The molecular weight excluding hydrogens is 136 g/mol. The van der Waals surface area contributed by atoms with Gasteiger partial charge in [0.15, 0.2) is 0 Å². The lowest BCUT2D eigenvalue weighted by atomic mass is 10.5. The molecule has 0 aliphatic rings. The number of thioether (sulfide) groups is 2. The Morgan fingerprint density at radius 2 is 2.00 bits per heavy atom. The fourth-order valence-electron chi connectivity index (χ4n) is 0.425. The molecule has 0 spiro atoms. The molecule has 0 aromatic carbocycles. The Morgan fingerprint density at radius 1 is 1.50 bits per heavy atom. The van der Waals surface area contributed by atoms with Gasteiger partial charge in [-0.05, 0) is 18.9 Å². The summed E-state index contributed by atoms with van der Waals surface area (Å²) in [5.74, 6) is 0. The summed E-state index contributed by atoms with van der Waals surface area (Å²) in [6, 6.07) is 0. The molecule has 0 aromatic heterocycles. The van der Waals surface area contributed by atoms with Gasteiger partial charge in [0.05, 0.1) is 4.58 Å². The number of hydrogen-bond acceptors (Lipinski definition) is 2. The fraction of sp³-hybridized carbons (Fsp3) is 0.667. The molecule has 0 radical (unpaired) electrons. The lowest BCUT2D eigenvalue weighted by molar-refractivity contribution is 1.19. The van der Waals surface area contributed by atoms with Crippen LogP contribution in [0.4, 0.5) is 0 Å². The van der Waals surface area contributed by atoms with Crippen LogP contribution in [-0.4, -0.2) is 17.1 Å². The van der Waals surface area contributed by atoms with E-state index in [9.17, 15) is 0 Å². The third kappa shape index (κ3) is 3.44. The van der Waals surface area contributed by atoms with Crippen LogP contribution in [0, 0.1) is 0 Å². The van der Waals surface area contributed by atoms with E-state index in [-0.39, 0.29) is 0 Å². The molecule has 0 saturated heterocycles. The van der Waals surface area contributed by atoms with E-state index >= 15 is 0 Å². The van der Waals surface area contributed by atoms with Gasteiger partial charge < -0.3 is 0 Å². The first kappa shape index (κ1) is 8.44. The highest BCUT2D eigenvalue weighted by molar-refractivity contribution is 8.16. The van der Waals surface area contributed by atoms with Gasteiger partial charge in [-0.15, -0.1) is 6.58 Å². The van der Waals surface area contributed by atoms with Crippen LogP contribution >= 0.6 is 23.5 Å². The largest absolute Gasteiger partial charge is 0.151 e. The Kier molecular flexibility index (Phi) is 5.88. The topological polar surface area (TPSA) is 0 Å². The number of rotatable bonds is 4. The summed E-state index contributed by atoms with van der Waals surface area (Å²) in [5.41, 5.74) is 0. The van der Waals surface area contributed by atoms with Crippen molar-refractivity contribution in [2.24, 2.45) is 0 Å². The first-order valence-electron chi connectivity index (χ1n) is 2.51. The molecule has 0 aliphatic carbocycles. The SMILES string of the molecule is C=CCC(SC)SC. The zero-order chi connectivity index (χ0) is 6.41. The smallest absolute Gasteiger partial charge is 0.0531 e. The molecule has 0 amide bonds. The molecule has 2 heteroatoms. The van der Waals surface area contributed by atoms with Crippen LogP contribution in [0.15, 0.2) is 12.7 Å². The zero-order valence-corrected chi connectivity index (χ0v) is 7.02. The second-order valence-electron chi connectivity index (χ2n) is 1.43. The van der Waals surface area contributed by atoms with E-state index in [1.54, 1.807) is 0 Å². The minimum absolute atomic E-state index is 0.715. The third-order valence-corrected chi connectivity index (χ3v) is 3.48. The van der Waals surface area contributed by atoms with Gasteiger partial charge in [-0.25, -0.2) is 0 Å². The molecular formula is C6H12S2. The van der Waals surface area contributed by atoms with Gasteiger partial charge in [0.2, 0.25) is 0 Å². The van der Waals surface area contributed by atoms with Crippen LogP contribution in [0.2, 0.25) is 0 Å². The molecule has 0 nitrogen and oxygen atoms in total. The highest BCUT2D eigenvalue weighted by Gasteiger charge is 1.98. The zero-order valence-electron chi connectivity index (χ0n) is 5.39. The van der Waals surface area contributed by atoms with E-state index in [0.29, 0.717) is 4.58 Å². The van der Waals surface area contributed by atoms with Gasteiger partial charge >= 0.3 is 0 Å². The Bertz CT molecular complexity index is 57.5. The summed E-state index contributed by atoms with van der Waals surface area (Å²) in [6.07, 6.45) is 7.34. The van der Waals surface area contributed by atoms with Gasteiger partial charge in [-0.2, -0.15) is 23.5 Å². The molecule has 0 heterocycles. The van der Waals surface area contributed by atoms with E-state index in [1.165, 1.54) is 0 Å². The quantitative estimate of drug-likeness (QED) is 0.444. The standard InChI is InChI=1S/C6H12S2/c1-4-5-6(7-2)8-3/h4,6H,1,5H2,2-3H3. The minimum Gasteiger partial charge on any atom is -0.151 e. The summed E-state index contributed by atoms with van der Waals surface area (Å²) < 4.78 is 0.715. The predicted molar refractivity (Wildman–Crippen MR) is 45.6 cm³/mol. The highest BCUT2D eigenvalue weighted by Crippen LogP contribution is 2.21. The van der Waals surface area contributed by atoms with Crippen LogP contribution in [0.5, 0.6) is 0 Å². The van der Waals surface area contributed by atoms with Crippen LogP contribution in [0.25, 0.3) is 0 Å². The van der Waals surface area contributed by atoms with E-state index < -0.39 is 0 Å². The maximum atomic E-state index is 3.67. The van der Waals surface area contributed by atoms with Crippen molar-refractivity contribution in [3.05, 3.63) is 12.7 Å². The van der Waals surface area contributed by atoms with Gasteiger partial charge in [0, 0.05) is 0 Å². The van der Waals surface area contributed by atoms with E-state index in [2.05, 4.69) is 19.1 Å². The van der Waals surface area contributed by atoms with E-state index in [4.69, 9.17) is 0 Å². The van der Waals surface area contributed by atoms with Gasteiger partial charge in [-0.1, -0.05) is 6.08 Å². The van der Waals surface area contributed by atoms with Crippen molar-refractivity contribution in [3.63, 3.8) is 0 Å². The maximum Gasteiger partial charge on any atom is 0.0531 e. The average Bonchev–Trinajstić information content (AvgIpc) is 1.83. The van der Waals surface area contributed by atoms with Gasteiger partial charge in [0.25, 0.3) is 0 Å². The Hall–Kier alpha value is 0.440. The van der Waals surface area contributed by atoms with Crippen LogP contribution < -0.4 is 0 Å². The van der Waals surface area contributed by atoms with Gasteiger partial charge in [0.1, 0.15) is 0 Å². The Morgan fingerprint density at radius 3 is 2.12 bits per heavy atom. The van der Waals surface area contributed by atoms with Crippen LogP contribution in [0.3, 0.4) is 0 Å². The molecule has 0 aromatic rings. The maximum absolute atomic E-state index is 3.67. The van der Waals surface area contributed by atoms with Crippen molar-refractivity contribution in [2.75, 3.05) is 12.5 Å². The molecule has 0 bridgehead atoms. The summed E-state index contributed by atoms with van der Waals surface area (Å²) in [5, 5.41) is 0. The number of allylic oxidation sites excluding steroid dienone is 1. The summed E-state index contributed by atoms with van der Waals surface area (Å²) >= 11 is 3.77. The molecule has 0 N–H and O–H groups in total. The highest BCUT2D eigenvalue weighted by atomic mass is 32.2. The second-order valence-corrected chi connectivity index (χ2v) is 3.80. The van der Waals surface area contributed by atoms with E-state index in [0.717, 1.165) is 6.42 Å². The van der Waals surface area contributed by atoms with Crippen molar-refractivity contribution >= 4 is 23.5 Å². The summed E-state index contributed by atoms with van der Waals surface area (Å²) in [7, 11) is 0. The molecule has 0 rings (SSSR count). The normalized spacial score (nSPS) is 9.88. The van der Waals surface area contributed by atoms with Crippen molar-refractivity contribution in [3.8, 4) is 0 Å². The molecule has 0 saturated carbocycles. The molecule has 0 aliphatic heterocycles. The van der Waals surface area contributed by atoms with Crippen LogP contribution in [-0.2, 0) is 0 Å². The van der Waals surface area contributed by atoms with Crippen molar-refractivity contribution in [1.82, 2.24) is 0 Å². The van der Waals surface area contributed by atoms with E-state index in [1.807, 2.05) is 29.6 Å². The summed E-state index contributed by atoms with van der Waals surface area (Å²) in [4.78, 5) is 0. The van der Waals surface area contributed by atoms with Crippen LogP contribution in [0.1, 0.15) is 6.42 Å². The van der Waals surface area contributed by atoms with Crippen molar-refractivity contribution < 1.29 is 0 Å². The van der Waals surface area contributed by atoms with Gasteiger partial charge in [-0.3, -0.25) is 0 Å². The first-order chi connectivity index (χ1) is 3.85. The fourth-order valence-corrected chi connectivity index (χ4v) is 1.85. The molecule has 0 unspecified atom stereocenters. The first-order valence-corrected chi connectivity index (χ1v) is 5.09. The average molecular weight is 148 g/mol. The molecule has 8 heavy (non-hydrogen) atoms. The van der Waals surface area contributed by atoms with Crippen molar-refractivity contribution in [1.29, 1.82) is 0 Å². The lowest BCUT2D eigenvalue weighted by Crippen LogP contribution is -1.90. The third-order valence-electron chi connectivity index (χ3n) is 0.885. The number of hydrogen-bond donors (Lipinski definition) is 0. The summed E-state index contributed by atoms with van der Waals surface area (Å²) in [6.45, 7) is 3.67. The minimum atomic E-state index is 0.715. The molecule has 48 valence electrons. The Labute approximate surface area is 60.1 Å². The lowest BCUT2D eigenvalue weighted by Gasteiger charge is -2.05. The predicted octanol–water partition coefficient (Wildman–Crippen LogP) is 2.61. The second kappa shape index (κ2) is 5.57. The molecule has 0 fully saturated rings. The monoisotopic (exact) mass is 148 g/mol.